The maximum Gasteiger partial charge on any atom is 0.407 e. The number of nitrogens with zero attached hydrogens (tertiary/aromatic N) is 4. The van der Waals surface area contributed by atoms with Crippen molar-refractivity contribution in [2.75, 3.05) is 6.61 Å². The number of ether oxygens (including phenoxy) is 1. The molecule has 10 nitrogen and oxygen atoms in total. The number of imide groups is 1. The molecule has 0 aromatic carbocycles. The van der Waals surface area contributed by atoms with Crippen molar-refractivity contribution in [1.82, 2.24) is 25.4 Å². The van der Waals surface area contributed by atoms with Crippen LogP contribution in [0.3, 0.4) is 0 Å². The van der Waals surface area contributed by atoms with E-state index >= 15 is 0 Å². The van der Waals surface area contributed by atoms with Crippen molar-refractivity contribution in [2.24, 2.45) is 5.41 Å². The second-order valence-electron chi connectivity index (χ2n) is 8.82. The van der Waals surface area contributed by atoms with Crippen LogP contribution in [0, 0.1) is 5.41 Å². The fourth-order valence-corrected chi connectivity index (χ4v) is 3.35. The van der Waals surface area contributed by atoms with Gasteiger partial charge in [0.05, 0.1) is 24.8 Å². The fraction of sp³-hybridized carbons (Fsp3) is 0.571. The van der Waals surface area contributed by atoms with Crippen molar-refractivity contribution in [3.63, 3.8) is 0 Å². The lowest BCUT2D eigenvalue weighted by molar-refractivity contribution is -0.190. The number of fused-ring (bicyclic) bond motifs is 1. The van der Waals surface area contributed by atoms with E-state index in [9.17, 15) is 14.4 Å². The quantitative estimate of drug-likeness (QED) is 0.496. The first kappa shape index (κ1) is 22.7. The van der Waals surface area contributed by atoms with E-state index in [1.165, 1.54) is 0 Å². The normalized spacial score (nSPS) is 20.6. The molecule has 1 N–H and O–H groups in total. The zero-order valence-corrected chi connectivity index (χ0v) is 18.4. The Morgan fingerprint density at radius 1 is 1.29 bits per heavy atom. The summed E-state index contributed by atoms with van der Waals surface area (Å²) in [6, 6.07) is 0. The van der Waals surface area contributed by atoms with Gasteiger partial charge in [0.25, 0.3) is 11.8 Å². The largest absolute Gasteiger partial charge is 0.444 e. The first-order valence-corrected chi connectivity index (χ1v) is 10.4. The highest BCUT2D eigenvalue weighted by atomic mass is 16.7. The summed E-state index contributed by atoms with van der Waals surface area (Å²) in [7, 11) is 0. The van der Waals surface area contributed by atoms with Crippen LogP contribution in [0.2, 0.25) is 0 Å². The summed E-state index contributed by atoms with van der Waals surface area (Å²) in [5, 5.41) is 11.6. The maximum atomic E-state index is 12.6. The number of unbranched alkanes of at least 4 members (excludes halogenated alkanes) is 1. The van der Waals surface area contributed by atoms with Gasteiger partial charge in [0.15, 0.2) is 0 Å². The number of rotatable bonds is 8. The van der Waals surface area contributed by atoms with Crippen molar-refractivity contribution in [1.29, 1.82) is 0 Å². The minimum Gasteiger partial charge on any atom is -0.444 e. The fourth-order valence-electron chi connectivity index (χ4n) is 3.35. The predicted octanol–water partition coefficient (Wildman–Crippen LogP) is 2.28. The van der Waals surface area contributed by atoms with E-state index in [0.29, 0.717) is 30.7 Å². The number of nitrogens with one attached hydrogen (secondary N) is 1. The third kappa shape index (κ3) is 5.38. The van der Waals surface area contributed by atoms with Crippen LogP contribution >= 0.6 is 0 Å². The van der Waals surface area contributed by atoms with Crippen LogP contribution in [0.4, 0.5) is 4.79 Å². The molecule has 3 rings (SSSR count). The zero-order valence-electron chi connectivity index (χ0n) is 18.4. The average Bonchev–Trinajstić information content (AvgIpc) is 3.21. The van der Waals surface area contributed by atoms with E-state index in [2.05, 4.69) is 15.6 Å². The van der Waals surface area contributed by atoms with E-state index in [1.807, 2.05) is 6.08 Å². The molecule has 1 atom stereocenters. The van der Waals surface area contributed by atoms with Crippen LogP contribution in [0.5, 0.6) is 0 Å². The van der Waals surface area contributed by atoms with Gasteiger partial charge in [-0.3, -0.25) is 19.1 Å². The summed E-state index contributed by atoms with van der Waals surface area (Å²) in [5.41, 5.74) is -0.281. The van der Waals surface area contributed by atoms with Gasteiger partial charge in [-0.2, -0.15) is 0 Å². The summed E-state index contributed by atoms with van der Waals surface area (Å²) in [6.07, 6.45) is 8.46. The minimum atomic E-state index is -0.823. The molecule has 168 valence electrons. The molecule has 1 aromatic heterocycles. The van der Waals surface area contributed by atoms with Gasteiger partial charge in [-0.25, -0.2) is 4.79 Å². The van der Waals surface area contributed by atoms with Crippen LogP contribution in [0.15, 0.2) is 30.0 Å². The van der Waals surface area contributed by atoms with Gasteiger partial charge in [0, 0.05) is 12.1 Å². The van der Waals surface area contributed by atoms with Gasteiger partial charge in [0.1, 0.15) is 11.3 Å². The molecule has 3 amide bonds. The van der Waals surface area contributed by atoms with Crippen LogP contribution < -0.4 is 5.32 Å². The summed E-state index contributed by atoms with van der Waals surface area (Å²) in [4.78, 5) is 42.2. The number of hydroxylamine groups is 2. The van der Waals surface area contributed by atoms with Gasteiger partial charge >= 0.3 is 6.09 Å². The number of carbonyl (C=O) groups excluding carboxylic acids is 3. The van der Waals surface area contributed by atoms with Crippen molar-refractivity contribution in [3.8, 4) is 0 Å². The van der Waals surface area contributed by atoms with Crippen LogP contribution in [-0.2, 0) is 32.3 Å². The predicted molar refractivity (Wildman–Crippen MR) is 110 cm³/mol. The summed E-state index contributed by atoms with van der Waals surface area (Å²) >= 11 is 0. The number of hydrogen-bond donors (Lipinski definition) is 1. The zero-order chi connectivity index (χ0) is 22.6. The van der Waals surface area contributed by atoms with Crippen LogP contribution in [-0.4, -0.2) is 50.2 Å². The third-order valence-corrected chi connectivity index (χ3v) is 4.99. The second-order valence-corrected chi connectivity index (χ2v) is 8.82. The Bertz CT molecular complexity index is 914. The summed E-state index contributed by atoms with van der Waals surface area (Å²) in [6.45, 7) is 8.22. The van der Waals surface area contributed by atoms with Crippen molar-refractivity contribution in [2.45, 2.75) is 65.6 Å². The Morgan fingerprint density at radius 2 is 2.06 bits per heavy atom. The van der Waals surface area contributed by atoms with E-state index < -0.39 is 17.1 Å². The Labute approximate surface area is 181 Å². The van der Waals surface area contributed by atoms with E-state index in [0.717, 1.165) is 11.5 Å². The molecule has 0 saturated carbocycles. The summed E-state index contributed by atoms with van der Waals surface area (Å²) in [5.74, 6) is -0.693. The van der Waals surface area contributed by atoms with Gasteiger partial charge in [-0.15, -0.1) is 10.2 Å². The lowest BCUT2D eigenvalue weighted by atomic mass is 9.78. The van der Waals surface area contributed by atoms with Gasteiger partial charge in [-0.05, 0) is 47.0 Å². The SMILES string of the molecule is CC(C)(C)OC(=O)NCc1cn(CCCCON2C(=O)C3=CC=CCC3(C)C2=O)nn1. The Kier molecular flexibility index (Phi) is 6.59. The highest BCUT2D eigenvalue weighted by Gasteiger charge is 2.53. The number of aryl methyl sites for hydroxylation is 1. The highest BCUT2D eigenvalue weighted by Crippen LogP contribution is 2.42. The molecule has 0 bridgehead atoms. The third-order valence-electron chi connectivity index (χ3n) is 4.99. The van der Waals surface area contributed by atoms with Crippen molar-refractivity contribution >= 4 is 17.9 Å². The van der Waals surface area contributed by atoms with Gasteiger partial charge in [-0.1, -0.05) is 23.4 Å². The molecule has 1 aliphatic heterocycles. The molecular weight excluding hydrogens is 402 g/mol. The smallest absolute Gasteiger partial charge is 0.407 e. The monoisotopic (exact) mass is 431 g/mol. The number of carbonyl (C=O) groups is 3. The van der Waals surface area contributed by atoms with E-state index in [-0.39, 0.29) is 25.0 Å². The standard InChI is InChI=1S/C21H29N5O5/c1-20(2,3)31-19(29)22-13-15-14-25(24-23-15)11-7-8-12-30-26-17(27)16-9-5-6-10-21(16,4)18(26)28/h5-6,9,14H,7-8,10-13H2,1-4H3,(H,22,29). The topological polar surface area (TPSA) is 116 Å². The summed E-state index contributed by atoms with van der Waals surface area (Å²) < 4.78 is 6.85. The maximum absolute atomic E-state index is 12.6. The number of amides is 3. The molecule has 1 aliphatic carbocycles. The van der Waals surface area contributed by atoms with Crippen LogP contribution in [0.25, 0.3) is 0 Å². The first-order chi connectivity index (χ1) is 14.6. The lowest BCUT2D eigenvalue weighted by Gasteiger charge is -2.22. The van der Waals surface area contributed by atoms with Crippen LogP contribution in [0.1, 0.15) is 52.7 Å². The lowest BCUT2D eigenvalue weighted by Crippen LogP contribution is -2.34. The Morgan fingerprint density at radius 3 is 2.77 bits per heavy atom. The molecular formula is C21H29N5O5. The molecule has 31 heavy (non-hydrogen) atoms. The molecule has 1 fully saturated rings. The molecule has 0 radical (unpaired) electrons. The Hall–Kier alpha value is -3.01. The first-order valence-electron chi connectivity index (χ1n) is 10.4. The molecule has 10 heteroatoms. The molecule has 2 aliphatic rings. The molecule has 0 spiro atoms. The van der Waals surface area contributed by atoms with Gasteiger partial charge < -0.3 is 10.1 Å². The minimum absolute atomic E-state index is 0.223. The average molecular weight is 431 g/mol. The highest BCUT2D eigenvalue weighted by molar-refractivity contribution is 6.16. The van der Waals surface area contributed by atoms with Crippen molar-refractivity contribution in [3.05, 3.63) is 35.7 Å². The Balaban J connectivity index is 1.37. The molecule has 1 aromatic rings. The second kappa shape index (κ2) is 9.01. The number of alkyl carbamates (subject to hydrolysis) is 1. The number of hydrogen-bond acceptors (Lipinski definition) is 7. The van der Waals surface area contributed by atoms with E-state index in [4.69, 9.17) is 9.57 Å². The molecule has 1 saturated heterocycles. The van der Waals surface area contributed by atoms with E-state index in [1.54, 1.807) is 50.7 Å². The van der Waals surface area contributed by atoms with Crippen molar-refractivity contribution < 1.29 is 24.0 Å². The molecule has 2 heterocycles. The molecule has 1 unspecified atom stereocenters. The number of aromatic nitrogens is 3. The van der Waals surface area contributed by atoms with Gasteiger partial charge in [0.2, 0.25) is 0 Å². The number of allylic oxidation sites excluding steroid dienone is 3.